The van der Waals surface area contributed by atoms with Crippen molar-refractivity contribution < 1.29 is 9.53 Å². The molecule has 0 spiro atoms. The lowest BCUT2D eigenvalue weighted by atomic mass is 9.95. The predicted octanol–water partition coefficient (Wildman–Crippen LogP) is 2.86. The Bertz CT molecular complexity index is 666. The second-order valence-electron chi connectivity index (χ2n) is 7.94. The van der Waals surface area contributed by atoms with E-state index >= 15 is 0 Å². The van der Waals surface area contributed by atoms with Crippen molar-refractivity contribution in [2.75, 3.05) is 53.0 Å². The maximum absolute atomic E-state index is 12.7. The standard InChI is InChI=1S/C22H34N4O2.HI/c1-17-4-6-19(7-5-17)18(2)16-24-22(23-3)26-10-8-20(9-11-26)21(27)25-12-14-28-15-13-25;/h4-7,18,20H,8-16H2,1-3H3,(H,23,24);1H. The van der Waals surface area contributed by atoms with Crippen LogP contribution in [0, 0.1) is 12.8 Å². The first kappa shape index (κ1) is 23.9. The van der Waals surface area contributed by atoms with Gasteiger partial charge in [-0.15, -0.1) is 24.0 Å². The van der Waals surface area contributed by atoms with Crippen LogP contribution in [-0.4, -0.2) is 74.7 Å². The van der Waals surface area contributed by atoms with Crippen molar-refractivity contribution in [3.8, 4) is 0 Å². The molecular formula is C22H35IN4O2. The van der Waals surface area contributed by atoms with Gasteiger partial charge in [0.15, 0.2) is 5.96 Å². The van der Waals surface area contributed by atoms with E-state index in [1.165, 1.54) is 11.1 Å². The Morgan fingerprint density at radius 2 is 1.76 bits per heavy atom. The molecule has 1 atom stereocenters. The van der Waals surface area contributed by atoms with E-state index < -0.39 is 0 Å². The minimum absolute atomic E-state index is 0. The Kier molecular flexibility index (Phi) is 9.68. The van der Waals surface area contributed by atoms with E-state index in [1.54, 1.807) is 0 Å². The molecule has 3 rings (SSSR count). The topological polar surface area (TPSA) is 57.2 Å². The lowest BCUT2D eigenvalue weighted by molar-refractivity contribution is -0.140. The first-order chi connectivity index (χ1) is 13.6. The highest BCUT2D eigenvalue weighted by molar-refractivity contribution is 14.0. The molecule has 0 aliphatic carbocycles. The van der Waals surface area contributed by atoms with Crippen molar-refractivity contribution in [3.05, 3.63) is 35.4 Å². The van der Waals surface area contributed by atoms with Crippen molar-refractivity contribution in [1.29, 1.82) is 0 Å². The average Bonchev–Trinajstić information content (AvgIpc) is 2.75. The Labute approximate surface area is 192 Å². The van der Waals surface area contributed by atoms with Crippen LogP contribution in [0.5, 0.6) is 0 Å². The third-order valence-electron chi connectivity index (χ3n) is 5.89. The van der Waals surface area contributed by atoms with Crippen LogP contribution in [0.25, 0.3) is 0 Å². The van der Waals surface area contributed by atoms with E-state index in [0.717, 1.165) is 51.5 Å². The summed E-state index contributed by atoms with van der Waals surface area (Å²) in [6.45, 7) is 9.75. The first-order valence-corrected chi connectivity index (χ1v) is 10.5. The third kappa shape index (κ3) is 6.57. The number of rotatable bonds is 4. The van der Waals surface area contributed by atoms with E-state index in [9.17, 15) is 4.79 Å². The Morgan fingerprint density at radius 1 is 1.14 bits per heavy atom. The molecule has 0 aromatic heterocycles. The van der Waals surface area contributed by atoms with Crippen molar-refractivity contribution >= 4 is 35.8 Å². The summed E-state index contributed by atoms with van der Waals surface area (Å²) in [7, 11) is 1.84. The monoisotopic (exact) mass is 514 g/mol. The Morgan fingerprint density at radius 3 is 2.34 bits per heavy atom. The number of aliphatic imine (C=N–C) groups is 1. The van der Waals surface area contributed by atoms with E-state index in [4.69, 9.17) is 4.74 Å². The number of hydrogen-bond donors (Lipinski definition) is 1. The molecule has 1 aromatic rings. The summed E-state index contributed by atoms with van der Waals surface area (Å²) in [6, 6.07) is 8.73. The molecule has 1 N–H and O–H groups in total. The zero-order valence-corrected chi connectivity index (χ0v) is 20.2. The molecule has 1 unspecified atom stereocenters. The fraction of sp³-hybridized carbons (Fsp3) is 0.636. The van der Waals surface area contributed by atoms with Gasteiger partial charge >= 0.3 is 0 Å². The molecule has 1 amide bonds. The second kappa shape index (κ2) is 11.7. The number of nitrogens with one attached hydrogen (secondary N) is 1. The Hall–Kier alpha value is -1.35. The molecule has 6 nitrogen and oxygen atoms in total. The molecule has 0 bridgehead atoms. The number of benzene rings is 1. The minimum Gasteiger partial charge on any atom is -0.378 e. The molecular weight excluding hydrogens is 479 g/mol. The number of carbonyl (C=O) groups excluding carboxylic acids is 1. The van der Waals surface area contributed by atoms with Crippen LogP contribution in [0.15, 0.2) is 29.3 Å². The maximum Gasteiger partial charge on any atom is 0.225 e. The van der Waals surface area contributed by atoms with Gasteiger partial charge in [-0.05, 0) is 31.2 Å². The number of guanidine groups is 1. The van der Waals surface area contributed by atoms with Crippen LogP contribution in [0.2, 0.25) is 0 Å². The van der Waals surface area contributed by atoms with Gasteiger partial charge in [0.1, 0.15) is 0 Å². The molecule has 7 heteroatoms. The molecule has 2 saturated heterocycles. The molecule has 1 aromatic carbocycles. The summed E-state index contributed by atoms with van der Waals surface area (Å²) in [5.74, 6) is 1.80. The summed E-state index contributed by atoms with van der Waals surface area (Å²) >= 11 is 0. The predicted molar refractivity (Wildman–Crippen MR) is 128 cm³/mol. The highest BCUT2D eigenvalue weighted by Crippen LogP contribution is 2.21. The lowest BCUT2D eigenvalue weighted by Crippen LogP contribution is -2.50. The van der Waals surface area contributed by atoms with Crippen LogP contribution in [0.1, 0.15) is 36.8 Å². The number of halogens is 1. The number of likely N-dealkylation sites (tertiary alicyclic amines) is 1. The van der Waals surface area contributed by atoms with Gasteiger partial charge in [-0.3, -0.25) is 9.79 Å². The van der Waals surface area contributed by atoms with Gasteiger partial charge in [0.2, 0.25) is 5.91 Å². The largest absolute Gasteiger partial charge is 0.378 e. The molecule has 2 aliphatic heterocycles. The van der Waals surface area contributed by atoms with Gasteiger partial charge in [-0.25, -0.2) is 0 Å². The highest BCUT2D eigenvalue weighted by Gasteiger charge is 2.30. The molecule has 0 radical (unpaired) electrons. The molecule has 162 valence electrons. The van der Waals surface area contributed by atoms with Crippen LogP contribution < -0.4 is 5.32 Å². The van der Waals surface area contributed by atoms with Crippen molar-refractivity contribution in [3.63, 3.8) is 0 Å². The minimum atomic E-state index is 0. The van der Waals surface area contributed by atoms with Gasteiger partial charge in [-0.2, -0.15) is 0 Å². The third-order valence-corrected chi connectivity index (χ3v) is 5.89. The van der Waals surface area contributed by atoms with Gasteiger partial charge < -0.3 is 19.9 Å². The number of piperidine rings is 1. The van der Waals surface area contributed by atoms with Crippen molar-refractivity contribution in [2.45, 2.75) is 32.6 Å². The van der Waals surface area contributed by atoms with Crippen LogP contribution >= 0.6 is 24.0 Å². The fourth-order valence-electron chi connectivity index (χ4n) is 3.97. The lowest BCUT2D eigenvalue weighted by Gasteiger charge is -2.37. The normalized spacial score (nSPS) is 19.5. The zero-order chi connectivity index (χ0) is 19.9. The van der Waals surface area contributed by atoms with E-state index in [-0.39, 0.29) is 29.9 Å². The van der Waals surface area contributed by atoms with Crippen molar-refractivity contribution in [2.24, 2.45) is 10.9 Å². The number of carbonyl (C=O) groups is 1. The van der Waals surface area contributed by atoms with Gasteiger partial charge in [0, 0.05) is 45.7 Å². The molecule has 2 fully saturated rings. The average molecular weight is 514 g/mol. The number of amides is 1. The zero-order valence-electron chi connectivity index (χ0n) is 17.9. The number of morpholine rings is 1. The SMILES string of the molecule is CN=C(NCC(C)c1ccc(C)cc1)N1CCC(C(=O)N2CCOCC2)CC1.I. The summed E-state index contributed by atoms with van der Waals surface area (Å²) < 4.78 is 5.36. The molecule has 29 heavy (non-hydrogen) atoms. The van der Waals surface area contributed by atoms with Crippen LogP contribution in [0.3, 0.4) is 0 Å². The Balaban J connectivity index is 0.00000300. The second-order valence-corrected chi connectivity index (χ2v) is 7.94. The van der Waals surface area contributed by atoms with E-state index in [2.05, 4.69) is 53.3 Å². The summed E-state index contributed by atoms with van der Waals surface area (Å²) in [4.78, 5) is 21.4. The van der Waals surface area contributed by atoms with Crippen molar-refractivity contribution in [1.82, 2.24) is 15.1 Å². The quantitative estimate of drug-likeness (QED) is 0.382. The van der Waals surface area contributed by atoms with E-state index in [0.29, 0.717) is 25.0 Å². The number of aryl methyl sites for hydroxylation is 1. The molecule has 2 aliphatic rings. The summed E-state index contributed by atoms with van der Waals surface area (Å²) in [6.07, 6.45) is 1.79. The smallest absolute Gasteiger partial charge is 0.225 e. The fourth-order valence-corrected chi connectivity index (χ4v) is 3.97. The molecule has 2 heterocycles. The summed E-state index contributed by atoms with van der Waals surface area (Å²) in [5, 5.41) is 3.52. The molecule has 0 saturated carbocycles. The van der Waals surface area contributed by atoms with Gasteiger partial charge in [0.25, 0.3) is 0 Å². The van der Waals surface area contributed by atoms with E-state index in [1.807, 2.05) is 11.9 Å². The van der Waals surface area contributed by atoms with Gasteiger partial charge in [-0.1, -0.05) is 36.8 Å². The first-order valence-electron chi connectivity index (χ1n) is 10.5. The van der Waals surface area contributed by atoms with Gasteiger partial charge in [0.05, 0.1) is 13.2 Å². The maximum atomic E-state index is 12.7. The number of ether oxygens (including phenoxy) is 1. The number of hydrogen-bond acceptors (Lipinski definition) is 3. The van der Waals surface area contributed by atoms with Crippen LogP contribution in [-0.2, 0) is 9.53 Å². The van der Waals surface area contributed by atoms with Crippen LogP contribution in [0.4, 0.5) is 0 Å². The summed E-state index contributed by atoms with van der Waals surface area (Å²) in [5.41, 5.74) is 2.62. The number of nitrogens with zero attached hydrogens (tertiary/aromatic N) is 3. The highest BCUT2D eigenvalue weighted by atomic mass is 127.